The summed E-state index contributed by atoms with van der Waals surface area (Å²) in [5.41, 5.74) is 1.94. The summed E-state index contributed by atoms with van der Waals surface area (Å²) < 4.78 is 0. The first-order valence-corrected chi connectivity index (χ1v) is 11.9. The Labute approximate surface area is 188 Å². The lowest BCUT2D eigenvalue weighted by Gasteiger charge is -2.34. The molecule has 2 aromatic heterocycles. The second-order valence-electron chi connectivity index (χ2n) is 9.32. The third-order valence-electron chi connectivity index (χ3n) is 7.15. The standard InChI is InChI=1S/C25H31N5O2/c31-24-21-17-30(25(32)20-7-4-11-26-15-20)14-10-22(21)27-23(28-24)19-8-12-29(13-9-19)16-18-5-2-1-3-6-18/h1-2,4,7,11,15,18-19H,3,5-6,8-10,12-14,16-17H2,(H,27,28,31)/t18-/m1/s1. The van der Waals surface area contributed by atoms with Gasteiger partial charge in [0, 0.05) is 37.8 Å². The van der Waals surface area contributed by atoms with Crippen LogP contribution >= 0.6 is 0 Å². The lowest BCUT2D eigenvalue weighted by Crippen LogP contribution is -2.41. The molecule has 32 heavy (non-hydrogen) atoms. The van der Waals surface area contributed by atoms with Crippen molar-refractivity contribution in [2.45, 2.75) is 51.0 Å². The van der Waals surface area contributed by atoms with Gasteiger partial charge in [-0.25, -0.2) is 4.98 Å². The molecule has 0 unspecified atom stereocenters. The topological polar surface area (TPSA) is 82.2 Å². The molecular weight excluding hydrogens is 402 g/mol. The number of fused-ring (bicyclic) bond motifs is 1. The van der Waals surface area contributed by atoms with Crippen LogP contribution in [0.5, 0.6) is 0 Å². The number of pyridine rings is 1. The summed E-state index contributed by atoms with van der Waals surface area (Å²) in [6.45, 7) is 4.20. The van der Waals surface area contributed by atoms with Crippen LogP contribution in [-0.2, 0) is 13.0 Å². The van der Waals surface area contributed by atoms with Gasteiger partial charge in [-0.3, -0.25) is 14.6 Å². The zero-order valence-corrected chi connectivity index (χ0v) is 18.5. The molecule has 2 aromatic rings. The van der Waals surface area contributed by atoms with Crippen molar-refractivity contribution in [1.82, 2.24) is 24.8 Å². The highest BCUT2D eigenvalue weighted by atomic mass is 16.2. The highest BCUT2D eigenvalue weighted by molar-refractivity contribution is 5.94. The zero-order chi connectivity index (χ0) is 21.9. The maximum atomic E-state index is 12.9. The fourth-order valence-corrected chi connectivity index (χ4v) is 5.26. The first-order chi connectivity index (χ1) is 15.7. The van der Waals surface area contributed by atoms with Crippen LogP contribution < -0.4 is 5.56 Å². The van der Waals surface area contributed by atoms with E-state index in [1.165, 1.54) is 25.8 Å². The Bertz CT molecular complexity index is 1040. The summed E-state index contributed by atoms with van der Waals surface area (Å²) in [6.07, 6.45) is 14.3. The van der Waals surface area contributed by atoms with Crippen molar-refractivity contribution in [3.63, 3.8) is 0 Å². The molecule has 1 amide bonds. The lowest BCUT2D eigenvalue weighted by molar-refractivity contribution is 0.0732. The van der Waals surface area contributed by atoms with Gasteiger partial charge in [-0.15, -0.1) is 0 Å². The molecule has 1 aliphatic carbocycles. The van der Waals surface area contributed by atoms with Crippen molar-refractivity contribution in [3.8, 4) is 0 Å². The number of nitrogens with zero attached hydrogens (tertiary/aromatic N) is 4. The molecule has 1 atom stereocenters. The largest absolute Gasteiger partial charge is 0.334 e. The number of piperidine rings is 1. The number of carbonyl (C=O) groups is 1. The minimum absolute atomic E-state index is 0.0898. The van der Waals surface area contributed by atoms with E-state index in [2.05, 4.69) is 27.0 Å². The van der Waals surface area contributed by atoms with Crippen molar-refractivity contribution < 1.29 is 4.79 Å². The molecule has 1 saturated heterocycles. The molecule has 0 bridgehead atoms. The molecule has 4 heterocycles. The average Bonchev–Trinajstić information content (AvgIpc) is 2.85. The van der Waals surface area contributed by atoms with Gasteiger partial charge in [0.1, 0.15) is 5.82 Å². The number of likely N-dealkylation sites (tertiary alicyclic amines) is 1. The maximum Gasteiger partial charge on any atom is 0.256 e. The van der Waals surface area contributed by atoms with E-state index in [4.69, 9.17) is 4.98 Å². The Kier molecular flexibility index (Phi) is 6.17. The summed E-state index contributed by atoms with van der Waals surface area (Å²) in [5, 5.41) is 0. The van der Waals surface area contributed by atoms with E-state index in [-0.39, 0.29) is 11.5 Å². The Balaban J connectivity index is 1.23. The van der Waals surface area contributed by atoms with Crippen molar-refractivity contribution >= 4 is 5.91 Å². The fourth-order valence-electron chi connectivity index (χ4n) is 5.26. The zero-order valence-electron chi connectivity index (χ0n) is 18.5. The molecule has 0 spiro atoms. The van der Waals surface area contributed by atoms with Crippen LogP contribution in [0.4, 0.5) is 0 Å². The van der Waals surface area contributed by atoms with Gasteiger partial charge in [-0.2, -0.15) is 0 Å². The van der Waals surface area contributed by atoms with Crippen molar-refractivity contribution in [3.05, 3.63) is 69.7 Å². The smallest absolute Gasteiger partial charge is 0.256 e. The first kappa shape index (κ1) is 21.1. The van der Waals surface area contributed by atoms with Gasteiger partial charge in [0.15, 0.2) is 0 Å². The number of aromatic amines is 1. The van der Waals surface area contributed by atoms with E-state index < -0.39 is 0 Å². The third kappa shape index (κ3) is 4.53. The number of carbonyl (C=O) groups excluding carboxylic acids is 1. The third-order valence-corrected chi connectivity index (χ3v) is 7.15. The van der Waals surface area contributed by atoms with E-state index in [0.717, 1.165) is 43.4 Å². The summed E-state index contributed by atoms with van der Waals surface area (Å²) in [7, 11) is 0. The molecule has 7 nitrogen and oxygen atoms in total. The maximum absolute atomic E-state index is 12.9. The molecule has 2 aliphatic heterocycles. The SMILES string of the molecule is O=C(c1cccnc1)N1CCc2nc(C3CCN(C[C@@H]4CC=CCC4)CC3)[nH]c(=O)c2C1. The number of H-pyrrole nitrogens is 1. The van der Waals surface area contributed by atoms with Crippen LogP contribution in [0, 0.1) is 5.92 Å². The molecule has 0 radical (unpaired) electrons. The summed E-state index contributed by atoms with van der Waals surface area (Å²) >= 11 is 0. The van der Waals surface area contributed by atoms with E-state index in [9.17, 15) is 9.59 Å². The Morgan fingerprint density at radius 1 is 1.16 bits per heavy atom. The number of hydrogen-bond donors (Lipinski definition) is 1. The van der Waals surface area contributed by atoms with Crippen molar-refractivity contribution in [2.24, 2.45) is 5.92 Å². The summed E-state index contributed by atoms with van der Waals surface area (Å²) in [4.78, 5) is 41.9. The van der Waals surface area contributed by atoms with Crippen LogP contribution in [0.2, 0.25) is 0 Å². The van der Waals surface area contributed by atoms with Crippen LogP contribution in [0.25, 0.3) is 0 Å². The normalized spacial score (nSPS) is 22.0. The molecule has 1 N–H and O–H groups in total. The quantitative estimate of drug-likeness (QED) is 0.750. The molecule has 5 rings (SSSR count). The minimum Gasteiger partial charge on any atom is -0.334 e. The Morgan fingerprint density at radius 2 is 2.03 bits per heavy atom. The predicted octanol–water partition coefficient (Wildman–Crippen LogP) is 2.90. The van der Waals surface area contributed by atoms with E-state index >= 15 is 0 Å². The van der Waals surface area contributed by atoms with Crippen LogP contribution in [-0.4, -0.2) is 56.8 Å². The van der Waals surface area contributed by atoms with Gasteiger partial charge >= 0.3 is 0 Å². The minimum atomic E-state index is -0.0925. The van der Waals surface area contributed by atoms with Gasteiger partial charge in [0.2, 0.25) is 0 Å². The monoisotopic (exact) mass is 433 g/mol. The van der Waals surface area contributed by atoms with Gasteiger partial charge < -0.3 is 14.8 Å². The number of hydrogen-bond acceptors (Lipinski definition) is 5. The van der Waals surface area contributed by atoms with Gasteiger partial charge in [-0.1, -0.05) is 12.2 Å². The highest BCUT2D eigenvalue weighted by Crippen LogP contribution is 2.28. The second kappa shape index (κ2) is 9.36. The summed E-state index contributed by atoms with van der Waals surface area (Å²) in [5.74, 6) is 1.84. The van der Waals surface area contributed by atoms with Crippen molar-refractivity contribution in [2.75, 3.05) is 26.2 Å². The highest BCUT2D eigenvalue weighted by Gasteiger charge is 2.28. The van der Waals surface area contributed by atoms with Crippen LogP contribution in [0.15, 0.2) is 41.5 Å². The van der Waals surface area contributed by atoms with E-state index in [1.807, 2.05) is 0 Å². The number of allylic oxidation sites excluding steroid dienone is 2. The number of amides is 1. The summed E-state index contributed by atoms with van der Waals surface area (Å²) in [6, 6.07) is 3.51. The lowest BCUT2D eigenvalue weighted by atomic mass is 9.91. The molecule has 0 saturated carbocycles. The van der Waals surface area contributed by atoms with Crippen LogP contribution in [0.3, 0.4) is 0 Å². The molecule has 3 aliphatic rings. The van der Waals surface area contributed by atoms with Gasteiger partial charge in [0.05, 0.1) is 23.4 Å². The second-order valence-corrected chi connectivity index (χ2v) is 9.32. The average molecular weight is 434 g/mol. The van der Waals surface area contributed by atoms with Crippen LogP contribution in [0.1, 0.15) is 65.5 Å². The molecule has 0 aromatic carbocycles. The molecule has 7 heteroatoms. The Morgan fingerprint density at radius 3 is 2.78 bits per heavy atom. The number of nitrogens with one attached hydrogen (secondary N) is 1. The number of aromatic nitrogens is 3. The van der Waals surface area contributed by atoms with Gasteiger partial charge in [-0.05, 0) is 63.2 Å². The molecular formula is C25H31N5O2. The Hall–Kier alpha value is -2.80. The molecule has 168 valence electrons. The van der Waals surface area contributed by atoms with Crippen molar-refractivity contribution in [1.29, 1.82) is 0 Å². The molecule has 1 fully saturated rings. The van der Waals surface area contributed by atoms with Gasteiger partial charge in [0.25, 0.3) is 11.5 Å². The van der Waals surface area contributed by atoms with E-state index in [0.29, 0.717) is 36.6 Å². The predicted molar refractivity (Wildman–Crippen MR) is 122 cm³/mol. The van der Waals surface area contributed by atoms with E-state index in [1.54, 1.807) is 29.4 Å². The fraction of sp³-hybridized carbons (Fsp3) is 0.520. The first-order valence-electron chi connectivity index (χ1n) is 11.9. The number of rotatable bonds is 4.